The molecule has 1 aliphatic heterocycles. The summed E-state index contributed by atoms with van der Waals surface area (Å²) in [5.74, 6) is 3.35. The van der Waals surface area contributed by atoms with E-state index in [2.05, 4.69) is 59.6 Å². The fraction of sp³-hybridized carbons (Fsp3) is 0.750. The van der Waals surface area contributed by atoms with Gasteiger partial charge in [-0.2, -0.15) is 11.8 Å². The van der Waals surface area contributed by atoms with E-state index in [4.69, 9.17) is 0 Å². The summed E-state index contributed by atoms with van der Waals surface area (Å²) in [6.07, 6.45) is 4.98. The zero-order valence-electron chi connectivity index (χ0n) is 13.7. The Hall–Kier alpha value is -0.970. The molecular weight excluding hydrogens is 280 g/mol. The SMILES string of the molecule is CCCNc1ncnc(N2CCSC(C)C2C)c1CCC. The van der Waals surface area contributed by atoms with Crippen molar-refractivity contribution in [2.24, 2.45) is 0 Å². The van der Waals surface area contributed by atoms with Crippen LogP contribution in [-0.2, 0) is 6.42 Å². The molecule has 2 rings (SSSR count). The van der Waals surface area contributed by atoms with Gasteiger partial charge in [-0.3, -0.25) is 0 Å². The maximum absolute atomic E-state index is 4.64. The first-order chi connectivity index (χ1) is 10.2. The van der Waals surface area contributed by atoms with Gasteiger partial charge in [0, 0.05) is 35.7 Å². The minimum Gasteiger partial charge on any atom is -0.370 e. The average Bonchev–Trinajstić information content (AvgIpc) is 2.49. The van der Waals surface area contributed by atoms with Crippen LogP contribution < -0.4 is 10.2 Å². The van der Waals surface area contributed by atoms with E-state index >= 15 is 0 Å². The van der Waals surface area contributed by atoms with Crippen molar-refractivity contribution >= 4 is 23.4 Å². The molecule has 2 unspecified atom stereocenters. The van der Waals surface area contributed by atoms with E-state index in [0.717, 1.165) is 44.0 Å². The van der Waals surface area contributed by atoms with Gasteiger partial charge in [0.25, 0.3) is 0 Å². The van der Waals surface area contributed by atoms with Crippen molar-refractivity contribution in [1.29, 1.82) is 0 Å². The number of aromatic nitrogens is 2. The lowest BCUT2D eigenvalue weighted by Crippen LogP contribution is -2.45. The van der Waals surface area contributed by atoms with Gasteiger partial charge in [-0.15, -0.1) is 0 Å². The van der Waals surface area contributed by atoms with Crippen LogP contribution in [-0.4, -0.2) is 40.1 Å². The van der Waals surface area contributed by atoms with E-state index in [1.807, 2.05) is 0 Å². The normalized spacial score (nSPS) is 22.4. The van der Waals surface area contributed by atoms with Crippen LogP contribution in [0.25, 0.3) is 0 Å². The van der Waals surface area contributed by atoms with Gasteiger partial charge in [-0.1, -0.05) is 27.2 Å². The number of thioether (sulfide) groups is 1. The van der Waals surface area contributed by atoms with Gasteiger partial charge in [0.05, 0.1) is 0 Å². The first-order valence-corrected chi connectivity index (χ1v) is 9.19. The summed E-state index contributed by atoms with van der Waals surface area (Å²) in [7, 11) is 0. The Kier molecular flexibility index (Phi) is 6.15. The summed E-state index contributed by atoms with van der Waals surface area (Å²) < 4.78 is 0. The molecule has 118 valence electrons. The van der Waals surface area contributed by atoms with Gasteiger partial charge in [0.15, 0.2) is 0 Å². The van der Waals surface area contributed by atoms with Crippen molar-refractivity contribution < 1.29 is 0 Å². The Morgan fingerprint density at radius 2 is 2.10 bits per heavy atom. The first-order valence-electron chi connectivity index (χ1n) is 8.15. The molecule has 0 bridgehead atoms. The molecule has 0 radical (unpaired) electrons. The van der Waals surface area contributed by atoms with Crippen LogP contribution in [0.4, 0.5) is 11.6 Å². The van der Waals surface area contributed by atoms with E-state index in [9.17, 15) is 0 Å². The van der Waals surface area contributed by atoms with Gasteiger partial charge in [0.1, 0.15) is 18.0 Å². The Labute approximate surface area is 133 Å². The van der Waals surface area contributed by atoms with E-state index < -0.39 is 0 Å². The summed E-state index contributed by atoms with van der Waals surface area (Å²) >= 11 is 2.06. The highest BCUT2D eigenvalue weighted by Crippen LogP contribution is 2.32. The third kappa shape index (κ3) is 3.82. The maximum Gasteiger partial charge on any atom is 0.137 e. The van der Waals surface area contributed by atoms with Gasteiger partial charge in [0.2, 0.25) is 0 Å². The van der Waals surface area contributed by atoms with E-state index in [0.29, 0.717) is 11.3 Å². The number of hydrogen-bond donors (Lipinski definition) is 1. The molecule has 2 heterocycles. The molecule has 1 saturated heterocycles. The third-order valence-electron chi connectivity index (χ3n) is 4.12. The number of rotatable bonds is 6. The molecule has 21 heavy (non-hydrogen) atoms. The van der Waals surface area contributed by atoms with Crippen molar-refractivity contribution in [3.8, 4) is 0 Å². The second-order valence-corrected chi connectivity index (χ2v) is 7.20. The predicted molar refractivity (Wildman–Crippen MR) is 93.5 cm³/mol. The predicted octanol–water partition coefficient (Wildman–Crippen LogP) is 3.58. The molecule has 0 aliphatic carbocycles. The van der Waals surface area contributed by atoms with Crippen LogP contribution in [0, 0.1) is 0 Å². The highest BCUT2D eigenvalue weighted by atomic mass is 32.2. The number of hydrogen-bond acceptors (Lipinski definition) is 5. The highest BCUT2D eigenvalue weighted by molar-refractivity contribution is 8.00. The molecule has 1 aliphatic rings. The number of nitrogens with zero attached hydrogens (tertiary/aromatic N) is 3. The summed E-state index contributed by atoms with van der Waals surface area (Å²) in [5, 5.41) is 4.12. The van der Waals surface area contributed by atoms with Crippen LogP contribution in [0.2, 0.25) is 0 Å². The number of anilines is 2. The van der Waals surface area contributed by atoms with Crippen LogP contribution in [0.3, 0.4) is 0 Å². The van der Waals surface area contributed by atoms with Gasteiger partial charge < -0.3 is 10.2 Å². The van der Waals surface area contributed by atoms with Crippen molar-refractivity contribution in [2.45, 2.75) is 58.2 Å². The summed E-state index contributed by atoms with van der Waals surface area (Å²) in [6.45, 7) is 11.1. The largest absolute Gasteiger partial charge is 0.370 e. The summed E-state index contributed by atoms with van der Waals surface area (Å²) in [5.41, 5.74) is 1.29. The third-order valence-corrected chi connectivity index (χ3v) is 5.46. The Morgan fingerprint density at radius 3 is 2.81 bits per heavy atom. The quantitative estimate of drug-likeness (QED) is 0.870. The standard InChI is InChI=1S/C16H28N4S/c1-5-7-14-15(17-8-6-2)18-11-19-16(14)20-9-10-21-13(4)12(20)3/h11-13H,5-10H2,1-4H3,(H,17,18,19). The smallest absolute Gasteiger partial charge is 0.137 e. The summed E-state index contributed by atoms with van der Waals surface area (Å²) in [4.78, 5) is 11.6. The minimum absolute atomic E-state index is 0.522. The van der Waals surface area contributed by atoms with Crippen LogP contribution in [0.1, 0.15) is 46.1 Å². The average molecular weight is 308 g/mol. The Bertz CT molecular complexity index is 452. The minimum atomic E-state index is 0.522. The van der Waals surface area contributed by atoms with Crippen LogP contribution in [0.5, 0.6) is 0 Å². The van der Waals surface area contributed by atoms with E-state index in [-0.39, 0.29) is 0 Å². The molecular formula is C16H28N4S. The molecule has 0 amide bonds. The molecule has 0 saturated carbocycles. The maximum atomic E-state index is 4.64. The molecule has 5 heteroatoms. The molecule has 2 atom stereocenters. The second kappa shape index (κ2) is 7.87. The van der Waals surface area contributed by atoms with Crippen molar-refractivity contribution in [3.05, 3.63) is 11.9 Å². The molecule has 0 spiro atoms. The van der Waals surface area contributed by atoms with Gasteiger partial charge >= 0.3 is 0 Å². The fourth-order valence-corrected chi connectivity index (χ4v) is 3.86. The van der Waals surface area contributed by atoms with E-state index in [1.165, 1.54) is 11.3 Å². The lowest BCUT2D eigenvalue weighted by Gasteiger charge is -2.39. The topological polar surface area (TPSA) is 41.1 Å². The molecule has 0 aromatic carbocycles. The zero-order valence-corrected chi connectivity index (χ0v) is 14.5. The first kappa shape index (κ1) is 16.4. The monoisotopic (exact) mass is 308 g/mol. The molecule has 1 aromatic heterocycles. The van der Waals surface area contributed by atoms with Gasteiger partial charge in [-0.05, 0) is 19.8 Å². The van der Waals surface area contributed by atoms with Crippen LogP contribution in [0.15, 0.2) is 6.33 Å². The Balaban J connectivity index is 2.32. The molecule has 1 fully saturated rings. The van der Waals surface area contributed by atoms with Crippen molar-refractivity contribution in [2.75, 3.05) is 29.1 Å². The number of nitrogens with one attached hydrogen (secondary N) is 1. The summed E-state index contributed by atoms with van der Waals surface area (Å²) in [6, 6.07) is 0.522. The van der Waals surface area contributed by atoms with Crippen molar-refractivity contribution in [1.82, 2.24) is 9.97 Å². The Morgan fingerprint density at radius 1 is 1.29 bits per heavy atom. The van der Waals surface area contributed by atoms with Gasteiger partial charge in [-0.25, -0.2) is 9.97 Å². The second-order valence-electron chi connectivity index (χ2n) is 5.71. The lowest BCUT2D eigenvalue weighted by molar-refractivity contribution is 0.615. The lowest BCUT2D eigenvalue weighted by atomic mass is 10.1. The van der Waals surface area contributed by atoms with Crippen LogP contribution >= 0.6 is 11.8 Å². The van der Waals surface area contributed by atoms with E-state index in [1.54, 1.807) is 6.33 Å². The molecule has 4 nitrogen and oxygen atoms in total. The fourth-order valence-electron chi connectivity index (χ4n) is 2.76. The molecule has 1 N–H and O–H groups in total. The van der Waals surface area contributed by atoms with Crippen molar-refractivity contribution in [3.63, 3.8) is 0 Å². The zero-order chi connectivity index (χ0) is 15.2. The molecule has 1 aromatic rings. The highest BCUT2D eigenvalue weighted by Gasteiger charge is 2.28.